The first-order chi connectivity index (χ1) is 11.8. The fourth-order valence-corrected chi connectivity index (χ4v) is 4.48. The van der Waals surface area contributed by atoms with E-state index in [9.17, 15) is 13.2 Å². The number of amides is 1. The van der Waals surface area contributed by atoms with Crippen molar-refractivity contribution in [3.63, 3.8) is 0 Å². The molecule has 1 fully saturated rings. The number of piperidine rings is 1. The van der Waals surface area contributed by atoms with Crippen LogP contribution in [0.5, 0.6) is 5.75 Å². The van der Waals surface area contributed by atoms with Crippen LogP contribution in [-0.2, 0) is 10.0 Å². The smallest absolute Gasteiger partial charge is 0.257 e. The van der Waals surface area contributed by atoms with Gasteiger partial charge in [-0.05, 0) is 31.0 Å². The fraction of sp³-hybridized carbons (Fsp3) is 0.588. The maximum absolute atomic E-state index is 12.9. The van der Waals surface area contributed by atoms with E-state index in [0.29, 0.717) is 31.9 Å². The van der Waals surface area contributed by atoms with Crippen molar-refractivity contribution in [2.45, 2.75) is 37.6 Å². The van der Waals surface area contributed by atoms with E-state index in [2.05, 4.69) is 0 Å². The Labute approximate surface area is 161 Å². The minimum atomic E-state index is -3.63. The molecule has 1 aliphatic heterocycles. The highest BCUT2D eigenvalue weighted by Gasteiger charge is 2.27. The van der Waals surface area contributed by atoms with E-state index in [0.717, 1.165) is 12.8 Å². The van der Waals surface area contributed by atoms with Gasteiger partial charge in [0.2, 0.25) is 10.0 Å². The Balaban J connectivity index is 0.00000338. The molecular weight excluding hydrogens is 378 g/mol. The van der Waals surface area contributed by atoms with Crippen molar-refractivity contribution in [1.82, 2.24) is 9.21 Å². The third-order valence-corrected chi connectivity index (χ3v) is 6.62. The van der Waals surface area contributed by atoms with E-state index in [1.807, 2.05) is 0 Å². The molecule has 2 rings (SSSR count). The molecule has 0 radical (unpaired) electrons. The lowest BCUT2D eigenvalue weighted by Gasteiger charge is -2.30. The number of likely N-dealkylation sites (tertiary alicyclic amines) is 1. The van der Waals surface area contributed by atoms with Gasteiger partial charge in [0.25, 0.3) is 5.91 Å². The van der Waals surface area contributed by atoms with E-state index in [1.54, 1.807) is 24.8 Å². The van der Waals surface area contributed by atoms with Gasteiger partial charge in [-0.3, -0.25) is 4.79 Å². The van der Waals surface area contributed by atoms with E-state index in [1.165, 1.54) is 23.5 Å². The van der Waals surface area contributed by atoms with Crippen LogP contribution in [0.3, 0.4) is 0 Å². The van der Waals surface area contributed by atoms with Crippen LogP contribution in [0.25, 0.3) is 0 Å². The standard InChI is InChI=1S/C17H27N3O4S.ClH/c1-4-20(5-2)25(22,23)14-6-7-16(24-3)15(12-14)17(21)19-10-8-13(18)9-11-19;/h6-7,12-13H,4-5,8-11,18H2,1-3H3;1H. The van der Waals surface area contributed by atoms with Crippen molar-refractivity contribution in [3.05, 3.63) is 23.8 Å². The number of hydrogen-bond acceptors (Lipinski definition) is 5. The number of rotatable bonds is 6. The van der Waals surface area contributed by atoms with Crippen LogP contribution in [-0.4, -0.2) is 62.9 Å². The predicted molar refractivity (Wildman–Crippen MR) is 103 cm³/mol. The summed E-state index contributed by atoms with van der Waals surface area (Å²) < 4.78 is 32.1. The average Bonchev–Trinajstić information content (AvgIpc) is 2.62. The molecule has 9 heteroatoms. The van der Waals surface area contributed by atoms with Gasteiger partial charge < -0.3 is 15.4 Å². The van der Waals surface area contributed by atoms with Crippen LogP contribution in [0, 0.1) is 0 Å². The van der Waals surface area contributed by atoms with E-state index in [4.69, 9.17) is 10.5 Å². The second kappa shape index (κ2) is 9.55. The molecule has 1 aliphatic rings. The molecule has 1 aromatic rings. The Morgan fingerprint density at radius 1 is 1.27 bits per heavy atom. The first kappa shape index (κ1) is 22.7. The number of carbonyl (C=O) groups excluding carboxylic acids is 1. The first-order valence-electron chi connectivity index (χ1n) is 8.58. The van der Waals surface area contributed by atoms with Gasteiger partial charge >= 0.3 is 0 Å². The second-order valence-corrected chi connectivity index (χ2v) is 8.02. The summed E-state index contributed by atoms with van der Waals surface area (Å²) in [4.78, 5) is 14.7. The van der Waals surface area contributed by atoms with Crippen LogP contribution >= 0.6 is 12.4 Å². The summed E-state index contributed by atoms with van der Waals surface area (Å²) in [5, 5.41) is 0. The lowest BCUT2D eigenvalue weighted by atomic mass is 10.0. The number of ether oxygens (including phenoxy) is 1. The quantitative estimate of drug-likeness (QED) is 0.777. The summed E-state index contributed by atoms with van der Waals surface area (Å²) in [7, 11) is -2.17. The zero-order valence-electron chi connectivity index (χ0n) is 15.5. The second-order valence-electron chi connectivity index (χ2n) is 6.08. The summed E-state index contributed by atoms with van der Waals surface area (Å²) in [6, 6.07) is 4.55. The van der Waals surface area contributed by atoms with Crippen molar-refractivity contribution in [2.24, 2.45) is 5.73 Å². The van der Waals surface area contributed by atoms with E-state index >= 15 is 0 Å². The average molecular weight is 406 g/mol. The molecule has 1 heterocycles. The Bertz CT molecular complexity index is 715. The summed E-state index contributed by atoms with van der Waals surface area (Å²) in [6.45, 7) is 5.45. The normalized spacial score (nSPS) is 15.7. The summed E-state index contributed by atoms with van der Waals surface area (Å²) in [5.74, 6) is 0.152. The summed E-state index contributed by atoms with van der Waals surface area (Å²) in [5.41, 5.74) is 6.16. The number of nitrogens with two attached hydrogens (primary N) is 1. The van der Waals surface area contributed by atoms with Gasteiger partial charge in [0, 0.05) is 32.2 Å². The van der Waals surface area contributed by atoms with Crippen LogP contribution in [0.4, 0.5) is 0 Å². The van der Waals surface area contributed by atoms with Gasteiger partial charge in [0.05, 0.1) is 17.6 Å². The molecule has 0 bridgehead atoms. The molecule has 1 aromatic carbocycles. The van der Waals surface area contributed by atoms with Crippen molar-refractivity contribution < 1.29 is 17.9 Å². The lowest BCUT2D eigenvalue weighted by Crippen LogP contribution is -2.43. The van der Waals surface area contributed by atoms with Gasteiger partial charge in [-0.2, -0.15) is 4.31 Å². The molecule has 7 nitrogen and oxygen atoms in total. The molecule has 0 atom stereocenters. The molecule has 0 saturated carbocycles. The third kappa shape index (κ3) is 4.68. The van der Waals surface area contributed by atoms with Gasteiger partial charge in [0.1, 0.15) is 5.75 Å². The van der Waals surface area contributed by atoms with Gasteiger partial charge in [-0.1, -0.05) is 13.8 Å². The molecular formula is C17H28ClN3O4S. The largest absolute Gasteiger partial charge is 0.496 e. The zero-order valence-corrected chi connectivity index (χ0v) is 17.1. The molecule has 0 aromatic heterocycles. The Morgan fingerprint density at radius 2 is 1.85 bits per heavy atom. The molecule has 0 spiro atoms. The highest BCUT2D eigenvalue weighted by Crippen LogP contribution is 2.26. The Kier molecular flexibility index (Phi) is 8.33. The molecule has 1 saturated heterocycles. The third-order valence-electron chi connectivity index (χ3n) is 4.57. The zero-order chi connectivity index (χ0) is 18.6. The highest BCUT2D eigenvalue weighted by molar-refractivity contribution is 7.89. The number of nitrogens with zero attached hydrogens (tertiary/aromatic N) is 2. The molecule has 0 aliphatic carbocycles. The minimum Gasteiger partial charge on any atom is -0.496 e. The molecule has 26 heavy (non-hydrogen) atoms. The first-order valence-corrected chi connectivity index (χ1v) is 10.0. The maximum Gasteiger partial charge on any atom is 0.257 e. The topological polar surface area (TPSA) is 92.9 Å². The highest BCUT2D eigenvalue weighted by atomic mass is 35.5. The van der Waals surface area contributed by atoms with Gasteiger partial charge in [-0.25, -0.2) is 8.42 Å². The molecule has 148 valence electrons. The monoisotopic (exact) mass is 405 g/mol. The van der Waals surface area contributed by atoms with Gasteiger partial charge in [-0.15, -0.1) is 12.4 Å². The molecule has 0 unspecified atom stereocenters. The van der Waals surface area contributed by atoms with Gasteiger partial charge in [0.15, 0.2) is 0 Å². The molecule has 1 amide bonds. The number of sulfonamides is 1. The number of hydrogen-bond donors (Lipinski definition) is 1. The van der Waals surface area contributed by atoms with Crippen molar-refractivity contribution in [3.8, 4) is 5.75 Å². The Hall–Kier alpha value is -1.35. The number of benzene rings is 1. The van der Waals surface area contributed by atoms with Crippen molar-refractivity contribution >= 4 is 28.3 Å². The lowest BCUT2D eigenvalue weighted by molar-refractivity contribution is 0.0711. The van der Waals surface area contributed by atoms with Crippen LogP contribution in [0.2, 0.25) is 0 Å². The SMILES string of the molecule is CCN(CC)S(=O)(=O)c1ccc(OC)c(C(=O)N2CCC(N)CC2)c1.Cl. The molecule has 2 N–H and O–H groups in total. The summed E-state index contributed by atoms with van der Waals surface area (Å²) >= 11 is 0. The van der Waals surface area contributed by atoms with E-state index in [-0.39, 0.29) is 34.8 Å². The van der Waals surface area contributed by atoms with Crippen LogP contribution in [0.15, 0.2) is 23.1 Å². The van der Waals surface area contributed by atoms with E-state index < -0.39 is 10.0 Å². The maximum atomic E-state index is 12.9. The number of carbonyl (C=O) groups is 1. The fourth-order valence-electron chi connectivity index (χ4n) is 3.00. The van der Waals surface area contributed by atoms with Crippen molar-refractivity contribution in [1.29, 1.82) is 0 Å². The number of methoxy groups -OCH3 is 1. The Morgan fingerprint density at radius 3 is 2.35 bits per heavy atom. The predicted octanol–water partition coefficient (Wildman–Crippen LogP) is 1.71. The summed E-state index contributed by atoms with van der Waals surface area (Å²) in [6.07, 6.45) is 1.48. The van der Waals surface area contributed by atoms with Crippen LogP contribution in [0.1, 0.15) is 37.0 Å². The minimum absolute atomic E-state index is 0. The van der Waals surface area contributed by atoms with Crippen molar-refractivity contribution in [2.75, 3.05) is 33.3 Å². The van der Waals surface area contributed by atoms with Crippen LogP contribution < -0.4 is 10.5 Å². The number of halogens is 1.